The van der Waals surface area contributed by atoms with E-state index in [-0.39, 0.29) is 5.82 Å². The highest BCUT2D eigenvalue weighted by Crippen LogP contribution is 2.21. The molecule has 7 nitrogen and oxygen atoms in total. The number of nitrogens with one attached hydrogen (secondary N) is 1. The number of nitriles is 1. The second-order valence-electron chi connectivity index (χ2n) is 7.39. The predicted molar refractivity (Wildman–Crippen MR) is 125 cm³/mol. The smallest absolute Gasteiger partial charge is 0.193 e. The molecule has 0 aliphatic carbocycles. The molecular formula is C24H28FN7. The van der Waals surface area contributed by atoms with Crippen LogP contribution in [0, 0.1) is 17.1 Å². The van der Waals surface area contributed by atoms with Crippen LogP contribution in [0.5, 0.6) is 0 Å². The van der Waals surface area contributed by atoms with Crippen molar-refractivity contribution < 1.29 is 4.39 Å². The van der Waals surface area contributed by atoms with Crippen molar-refractivity contribution in [2.75, 3.05) is 25.9 Å². The van der Waals surface area contributed by atoms with Gasteiger partial charge in [0, 0.05) is 26.7 Å². The van der Waals surface area contributed by atoms with E-state index >= 15 is 0 Å². The van der Waals surface area contributed by atoms with Crippen LogP contribution >= 0.6 is 0 Å². The lowest BCUT2D eigenvalue weighted by Gasteiger charge is -2.22. The SMILES string of the molecule is CCNC(=NCCCc1nn(-c2ccccc2)c(N)c1C#N)N(C)Cc1cccc(F)c1. The maximum absolute atomic E-state index is 13.5. The van der Waals surface area contributed by atoms with E-state index in [2.05, 4.69) is 21.5 Å². The van der Waals surface area contributed by atoms with Gasteiger partial charge in [0.2, 0.25) is 0 Å². The van der Waals surface area contributed by atoms with Crippen LogP contribution in [0.1, 0.15) is 30.2 Å². The first-order valence-electron chi connectivity index (χ1n) is 10.6. The largest absolute Gasteiger partial charge is 0.382 e. The van der Waals surface area contributed by atoms with Crippen LogP contribution in [0.3, 0.4) is 0 Å². The van der Waals surface area contributed by atoms with E-state index in [4.69, 9.17) is 5.73 Å². The van der Waals surface area contributed by atoms with Gasteiger partial charge in [0.1, 0.15) is 23.3 Å². The van der Waals surface area contributed by atoms with Crippen molar-refractivity contribution in [3.8, 4) is 11.8 Å². The molecule has 3 N–H and O–H groups in total. The maximum Gasteiger partial charge on any atom is 0.193 e. The molecule has 0 bridgehead atoms. The van der Waals surface area contributed by atoms with Gasteiger partial charge in [0.05, 0.1) is 11.4 Å². The monoisotopic (exact) mass is 433 g/mol. The molecule has 8 heteroatoms. The molecule has 3 aromatic rings. The number of anilines is 1. The number of nitrogens with zero attached hydrogens (tertiary/aromatic N) is 5. The summed E-state index contributed by atoms with van der Waals surface area (Å²) < 4.78 is 15.1. The Morgan fingerprint density at radius 3 is 2.72 bits per heavy atom. The summed E-state index contributed by atoms with van der Waals surface area (Å²) in [5, 5.41) is 17.4. The highest BCUT2D eigenvalue weighted by Gasteiger charge is 2.16. The summed E-state index contributed by atoms with van der Waals surface area (Å²) in [4.78, 5) is 6.64. The second-order valence-corrected chi connectivity index (χ2v) is 7.39. The fourth-order valence-corrected chi connectivity index (χ4v) is 3.43. The number of hydrogen-bond acceptors (Lipinski definition) is 4. The zero-order chi connectivity index (χ0) is 22.9. The highest BCUT2D eigenvalue weighted by molar-refractivity contribution is 5.79. The van der Waals surface area contributed by atoms with Crippen molar-refractivity contribution in [1.82, 2.24) is 20.0 Å². The minimum atomic E-state index is -0.250. The number of rotatable bonds is 8. The molecule has 0 aliphatic rings. The minimum absolute atomic E-state index is 0.250. The summed E-state index contributed by atoms with van der Waals surface area (Å²) in [6.45, 7) is 3.83. The number of aromatic nitrogens is 2. The minimum Gasteiger partial charge on any atom is -0.382 e. The van der Waals surface area contributed by atoms with E-state index in [9.17, 15) is 9.65 Å². The van der Waals surface area contributed by atoms with Crippen molar-refractivity contribution >= 4 is 11.8 Å². The highest BCUT2D eigenvalue weighted by atomic mass is 19.1. The van der Waals surface area contributed by atoms with E-state index < -0.39 is 0 Å². The van der Waals surface area contributed by atoms with E-state index in [1.54, 1.807) is 10.7 Å². The van der Waals surface area contributed by atoms with Crippen LogP contribution < -0.4 is 11.1 Å². The van der Waals surface area contributed by atoms with Crippen LogP contribution in [-0.4, -0.2) is 40.8 Å². The number of nitrogen functional groups attached to an aromatic ring is 1. The number of hydrogen-bond donors (Lipinski definition) is 2. The maximum atomic E-state index is 13.5. The van der Waals surface area contributed by atoms with E-state index in [1.165, 1.54) is 12.1 Å². The number of benzene rings is 2. The van der Waals surface area contributed by atoms with Gasteiger partial charge in [-0.15, -0.1) is 0 Å². The van der Waals surface area contributed by atoms with E-state index in [0.717, 1.165) is 23.8 Å². The number of para-hydroxylation sites is 1. The van der Waals surface area contributed by atoms with Crippen molar-refractivity contribution in [2.24, 2.45) is 4.99 Å². The third-order valence-electron chi connectivity index (χ3n) is 4.94. The van der Waals surface area contributed by atoms with Gasteiger partial charge in [-0.25, -0.2) is 9.07 Å². The summed E-state index contributed by atoms with van der Waals surface area (Å²) in [5.41, 5.74) is 8.94. The van der Waals surface area contributed by atoms with Crippen LogP contribution in [0.15, 0.2) is 59.6 Å². The summed E-state index contributed by atoms with van der Waals surface area (Å²) in [6.07, 6.45) is 1.30. The Labute approximate surface area is 188 Å². The first-order valence-corrected chi connectivity index (χ1v) is 10.6. The summed E-state index contributed by atoms with van der Waals surface area (Å²) in [7, 11) is 1.92. The van der Waals surface area contributed by atoms with Crippen LogP contribution in [0.4, 0.5) is 10.2 Å². The number of aryl methyl sites for hydroxylation is 1. The van der Waals surface area contributed by atoms with Crippen LogP contribution in [0.25, 0.3) is 5.69 Å². The molecule has 0 radical (unpaired) electrons. The summed E-state index contributed by atoms with van der Waals surface area (Å²) in [5.74, 6) is 0.840. The molecule has 0 spiro atoms. The fraction of sp³-hybridized carbons (Fsp3) is 0.292. The normalized spacial score (nSPS) is 11.2. The first kappa shape index (κ1) is 22.8. The van der Waals surface area contributed by atoms with Gasteiger partial charge in [-0.05, 0) is 49.6 Å². The second kappa shape index (κ2) is 11.0. The number of halogens is 1. The van der Waals surface area contributed by atoms with Gasteiger partial charge >= 0.3 is 0 Å². The molecule has 3 rings (SSSR count). The Kier molecular flexibility index (Phi) is 7.81. The molecule has 0 fully saturated rings. The molecule has 32 heavy (non-hydrogen) atoms. The topological polar surface area (TPSA) is 95.3 Å². The zero-order valence-corrected chi connectivity index (χ0v) is 18.4. The lowest BCUT2D eigenvalue weighted by Crippen LogP contribution is -2.38. The molecule has 2 aromatic carbocycles. The van der Waals surface area contributed by atoms with Gasteiger partial charge < -0.3 is 16.0 Å². The molecule has 0 atom stereocenters. The standard InChI is InChI=1S/C24H28FN7/c1-3-28-24(31(2)17-18-9-7-10-19(25)15-18)29-14-8-13-22-21(16-26)23(27)32(30-22)20-11-5-4-6-12-20/h4-7,9-12,15H,3,8,13-14,17,27H2,1-2H3,(H,28,29). The van der Waals surface area contributed by atoms with Gasteiger partial charge in [-0.2, -0.15) is 10.4 Å². The van der Waals surface area contributed by atoms with Crippen molar-refractivity contribution in [3.05, 3.63) is 77.2 Å². The molecule has 1 heterocycles. The van der Waals surface area contributed by atoms with Gasteiger partial charge in [0.25, 0.3) is 0 Å². The van der Waals surface area contributed by atoms with E-state index in [1.807, 2.05) is 55.3 Å². The molecule has 0 saturated carbocycles. The third-order valence-corrected chi connectivity index (χ3v) is 4.94. The molecule has 1 aromatic heterocycles. The first-order chi connectivity index (χ1) is 15.5. The quantitative estimate of drug-likeness (QED) is 0.322. The molecule has 0 amide bonds. The van der Waals surface area contributed by atoms with Gasteiger partial charge in [-0.1, -0.05) is 30.3 Å². The van der Waals surface area contributed by atoms with Crippen molar-refractivity contribution in [1.29, 1.82) is 5.26 Å². The Hall–Kier alpha value is -3.86. The fourth-order valence-electron chi connectivity index (χ4n) is 3.43. The number of guanidine groups is 1. The Morgan fingerprint density at radius 2 is 2.03 bits per heavy atom. The van der Waals surface area contributed by atoms with Gasteiger partial charge in [-0.3, -0.25) is 4.99 Å². The molecular weight excluding hydrogens is 405 g/mol. The van der Waals surface area contributed by atoms with Crippen LogP contribution in [-0.2, 0) is 13.0 Å². The Balaban J connectivity index is 1.66. The van der Waals surface area contributed by atoms with Crippen LogP contribution in [0.2, 0.25) is 0 Å². The lowest BCUT2D eigenvalue weighted by atomic mass is 10.1. The number of aliphatic imine (C=N–C) groups is 1. The average molecular weight is 434 g/mol. The molecule has 0 unspecified atom stereocenters. The van der Waals surface area contributed by atoms with Crippen molar-refractivity contribution in [3.63, 3.8) is 0 Å². The Morgan fingerprint density at radius 1 is 1.25 bits per heavy atom. The molecule has 166 valence electrons. The number of nitrogens with two attached hydrogens (primary N) is 1. The third kappa shape index (κ3) is 5.64. The molecule has 0 saturated heterocycles. The van der Waals surface area contributed by atoms with E-state index in [0.29, 0.717) is 43.0 Å². The van der Waals surface area contributed by atoms with Crippen molar-refractivity contribution in [2.45, 2.75) is 26.3 Å². The summed E-state index contributed by atoms with van der Waals surface area (Å²) >= 11 is 0. The molecule has 0 aliphatic heterocycles. The Bertz CT molecular complexity index is 1100. The predicted octanol–water partition coefficient (Wildman–Crippen LogP) is 3.50. The average Bonchev–Trinajstić information content (AvgIpc) is 3.11. The zero-order valence-electron chi connectivity index (χ0n) is 18.4. The van der Waals surface area contributed by atoms with Gasteiger partial charge in [0.15, 0.2) is 5.96 Å². The lowest BCUT2D eigenvalue weighted by molar-refractivity contribution is 0.474. The summed E-state index contributed by atoms with van der Waals surface area (Å²) in [6, 6.07) is 18.2.